The van der Waals surface area contributed by atoms with E-state index < -0.39 is 27.0 Å². The number of hydrogen-bond acceptors (Lipinski definition) is 13. The maximum atomic E-state index is 13.7. The molecule has 0 aliphatic heterocycles. The number of sulfone groups is 1. The Hall–Kier alpha value is -4.66. The fourth-order valence-corrected chi connectivity index (χ4v) is 6.03. The second-order valence-electron chi connectivity index (χ2n) is 8.90. The van der Waals surface area contributed by atoms with E-state index in [1.165, 1.54) is 30.5 Å². The maximum Gasteiger partial charge on any atom is 0.519 e. The zero-order chi connectivity index (χ0) is 29.5. The monoisotopic (exact) mass is 607 g/mol. The van der Waals surface area contributed by atoms with Crippen LogP contribution in [0.4, 0.5) is 5.82 Å². The van der Waals surface area contributed by atoms with E-state index in [9.17, 15) is 18.0 Å². The summed E-state index contributed by atoms with van der Waals surface area (Å²) in [5.74, 6) is -0.943. The van der Waals surface area contributed by atoms with Crippen LogP contribution in [0.15, 0.2) is 97.1 Å². The highest BCUT2D eigenvalue weighted by Crippen LogP contribution is 2.27. The first-order chi connectivity index (χ1) is 20.3. The first-order valence-corrected chi connectivity index (χ1v) is 15.0. The molecule has 216 valence electrons. The summed E-state index contributed by atoms with van der Waals surface area (Å²) in [7, 11) is -4.01. The average Bonchev–Trinajstić information content (AvgIpc) is 3.65. The number of nitrogens with one attached hydrogen (secondary N) is 2. The number of rotatable bonds is 12. The third-order valence-electron chi connectivity index (χ3n) is 6.02. The molecule has 42 heavy (non-hydrogen) atoms. The average molecular weight is 608 g/mol. The van der Waals surface area contributed by atoms with Crippen LogP contribution in [0.5, 0.6) is 0 Å². The first kappa shape index (κ1) is 28.9. The van der Waals surface area contributed by atoms with Gasteiger partial charge in [-0.25, -0.2) is 28.2 Å². The molecule has 1 atom stereocenters. The number of benzene rings is 1. The minimum atomic E-state index is -4.01. The molecule has 5 rings (SSSR count). The van der Waals surface area contributed by atoms with Gasteiger partial charge in [0.05, 0.1) is 5.69 Å². The van der Waals surface area contributed by atoms with Gasteiger partial charge in [-0.1, -0.05) is 36.4 Å². The van der Waals surface area contributed by atoms with Crippen molar-refractivity contribution in [3.8, 4) is 10.6 Å². The number of pyridine rings is 2. The van der Waals surface area contributed by atoms with Crippen molar-refractivity contribution >= 4 is 33.0 Å². The van der Waals surface area contributed by atoms with E-state index in [0.29, 0.717) is 0 Å². The molecule has 0 aliphatic rings. The zero-order valence-electron chi connectivity index (χ0n) is 22.2. The Morgan fingerprint density at radius 1 is 1.02 bits per heavy atom. The van der Waals surface area contributed by atoms with Crippen molar-refractivity contribution in [3.05, 3.63) is 112 Å². The molecule has 0 amide bonds. The number of hydrogen-bond donors (Lipinski definition) is 2. The van der Waals surface area contributed by atoms with Gasteiger partial charge >= 0.3 is 11.8 Å². The molecule has 0 saturated heterocycles. The number of anilines is 1. The normalized spacial score (nSPS) is 12.1. The van der Waals surface area contributed by atoms with E-state index in [1.54, 1.807) is 36.5 Å². The fourth-order valence-electron chi connectivity index (χ4n) is 3.91. The molecular formula is C28H25N5O7S2. The number of nitrogens with zero attached hydrogens (tertiary/aromatic N) is 3. The maximum absolute atomic E-state index is 13.7. The Morgan fingerprint density at radius 2 is 1.86 bits per heavy atom. The van der Waals surface area contributed by atoms with E-state index in [0.717, 1.165) is 16.1 Å². The summed E-state index contributed by atoms with van der Waals surface area (Å²) in [5, 5.41) is 7.40. The zero-order valence-corrected chi connectivity index (χ0v) is 23.9. The molecule has 0 spiro atoms. The summed E-state index contributed by atoms with van der Waals surface area (Å²) in [6.07, 6.45) is 3.15. The van der Waals surface area contributed by atoms with Crippen molar-refractivity contribution in [1.29, 1.82) is 0 Å². The summed E-state index contributed by atoms with van der Waals surface area (Å²) < 4.78 is 42.0. The van der Waals surface area contributed by atoms with Crippen LogP contribution < -0.4 is 16.5 Å². The lowest BCUT2D eigenvalue weighted by molar-refractivity contribution is -0.143. The van der Waals surface area contributed by atoms with Gasteiger partial charge < -0.3 is 18.9 Å². The summed E-state index contributed by atoms with van der Waals surface area (Å²) in [6, 6.07) is 17.1. The first-order valence-electron chi connectivity index (χ1n) is 12.6. The second kappa shape index (κ2) is 12.9. The lowest BCUT2D eigenvalue weighted by Crippen LogP contribution is -2.30. The molecule has 0 fully saturated rings. The molecular weight excluding hydrogens is 582 g/mol. The van der Waals surface area contributed by atoms with Crippen LogP contribution >= 0.6 is 11.3 Å². The Kier molecular flexibility index (Phi) is 8.85. The summed E-state index contributed by atoms with van der Waals surface area (Å²) in [6.45, 7) is 1.20. The van der Waals surface area contributed by atoms with Crippen LogP contribution in [0, 0.1) is 6.92 Å². The van der Waals surface area contributed by atoms with Gasteiger partial charge in [0.2, 0.25) is 9.84 Å². The molecule has 0 saturated carbocycles. The molecule has 4 aromatic heterocycles. The lowest BCUT2D eigenvalue weighted by Gasteiger charge is -2.19. The number of aromatic nitrogens is 3. The summed E-state index contributed by atoms with van der Waals surface area (Å²) >= 11 is 1.53. The number of esters is 1. The Labute approximate surface area is 244 Å². The van der Waals surface area contributed by atoms with Crippen LogP contribution in [0.25, 0.3) is 10.6 Å². The van der Waals surface area contributed by atoms with Crippen molar-refractivity contribution in [3.63, 3.8) is 0 Å². The molecule has 5 aromatic rings. The minimum absolute atomic E-state index is 0.105. The van der Waals surface area contributed by atoms with Crippen molar-refractivity contribution in [2.45, 2.75) is 30.5 Å². The highest BCUT2D eigenvalue weighted by atomic mass is 32.2. The predicted octanol–water partition coefficient (Wildman–Crippen LogP) is 3.87. The fraction of sp³-hybridized carbons (Fsp3) is 0.179. The number of thiazole rings is 1. The smallest absolute Gasteiger partial charge is 0.456 e. The van der Waals surface area contributed by atoms with Crippen molar-refractivity contribution in [2.24, 2.45) is 0 Å². The van der Waals surface area contributed by atoms with E-state index in [-0.39, 0.29) is 47.8 Å². The van der Waals surface area contributed by atoms with E-state index in [2.05, 4.69) is 25.6 Å². The van der Waals surface area contributed by atoms with E-state index in [4.69, 9.17) is 13.6 Å². The van der Waals surface area contributed by atoms with E-state index >= 15 is 0 Å². The number of aryl methyl sites for hydroxylation is 1. The molecule has 0 bridgehead atoms. The van der Waals surface area contributed by atoms with Crippen molar-refractivity contribution < 1.29 is 26.8 Å². The van der Waals surface area contributed by atoms with Crippen LogP contribution in [-0.4, -0.2) is 35.9 Å². The predicted molar refractivity (Wildman–Crippen MR) is 153 cm³/mol. The number of carbonyl (C=O) groups is 1. The quantitative estimate of drug-likeness (QED) is 0.197. The molecule has 1 unspecified atom stereocenters. The molecule has 1 aromatic carbocycles. The molecule has 2 N–H and O–H groups in total. The van der Waals surface area contributed by atoms with Gasteiger partial charge in [0.1, 0.15) is 17.4 Å². The van der Waals surface area contributed by atoms with Crippen LogP contribution in [0.2, 0.25) is 0 Å². The SMILES string of the molecule is Cc1oc(=O)oc1COC(=O)CNc1cccc(C(NCc2ccc(-c3nccs3)cc2)S(=O)(=O)c2ccccn2)n1. The Balaban J connectivity index is 1.30. The number of ether oxygens (including phenoxy) is 1. The van der Waals surface area contributed by atoms with Gasteiger partial charge in [-0.3, -0.25) is 10.1 Å². The summed E-state index contributed by atoms with van der Waals surface area (Å²) in [4.78, 5) is 36.2. The second-order valence-corrected chi connectivity index (χ2v) is 11.8. The lowest BCUT2D eigenvalue weighted by atomic mass is 10.1. The highest BCUT2D eigenvalue weighted by Gasteiger charge is 2.31. The van der Waals surface area contributed by atoms with Crippen molar-refractivity contribution in [2.75, 3.05) is 11.9 Å². The van der Waals surface area contributed by atoms with Gasteiger partial charge in [-0.2, -0.15) is 0 Å². The topological polar surface area (TPSA) is 167 Å². The molecule has 14 heteroatoms. The third-order valence-corrected chi connectivity index (χ3v) is 8.69. The van der Waals surface area contributed by atoms with E-state index in [1.807, 2.05) is 29.6 Å². The van der Waals surface area contributed by atoms with Crippen LogP contribution in [0.3, 0.4) is 0 Å². The Bertz CT molecular complexity index is 1800. The van der Waals surface area contributed by atoms with Gasteiger partial charge in [-0.15, -0.1) is 11.3 Å². The van der Waals surface area contributed by atoms with Crippen LogP contribution in [-0.2, 0) is 32.5 Å². The highest BCUT2D eigenvalue weighted by molar-refractivity contribution is 7.91. The van der Waals surface area contributed by atoms with Gasteiger partial charge in [0.25, 0.3) is 0 Å². The van der Waals surface area contributed by atoms with Gasteiger partial charge in [0.15, 0.2) is 28.5 Å². The third kappa shape index (κ3) is 6.97. The standard InChI is InChI=1S/C28H25N5O7S2/c1-18-22(40-28(35)39-18)17-38-25(34)16-31-23-6-4-5-21(33-23)27(42(36,37)24-7-2-3-12-29-24)32-15-19-8-10-20(11-9-19)26-30-13-14-41-26/h2-14,27,32H,15-17H2,1H3,(H,31,33). The molecule has 12 nitrogen and oxygen atoms in total. The van der Waals surface area contributed by atoms with Crippen molar-refractivity contribution in [1.82, 2.24) is 20.3 Å². The summed E-state index contributed by atoms with van der Waals surface area (Å²) in [5.41, 5.74) is 2.03. The molecule has 4 heterocycles. The van der Waals surface area contributed by atoms with Crippen LogP contribution in [0.1, 0.15) is 28.2 Å². The molecule has 0 aliphatic carbocycles. The Morgan fingerprint density at radius 3 is 2.55 bits per heavy atom. The number of carbonyl (C=O) groups excluding carboxylic acids is 1. The van der Waals surface area contributed by atoms with Gasteiger partial charge in [0, 0.05) is 29.9 Å². The largest absolute Gasteiger partial charge is 0.519 e. The molecule has 0 radical (unpaired) electrons. The minimum Gasteiger partial charge on any atom is -0.456 e. The van der Waals surface area contributed by atoms with Gasteiger partial charge in [-0.05, 0) is 36.8 Å².